The van der Waals surface area contributed by atoms with E-state index in [0.29, 0.717) is 5.69 Å². The van der Waals surface area contributed by atoms with Gasteiger partial charge in [-0.2, -0.15) is 18.3 Å². The zero-order valence-corrected chi connectivity index (χ0v) is 18.6. The van der Waals surface area contributed by atoms with Crippen LogP contribution in [-0.2, 0) is 6.18 Å². The SMILES string of the molecule is O=C(Nc1cccc(C(=O)Nc2cnn(-c3ccccc3)c2)c1)Nc1ccc(Cl)c(C(F)(F)F)c1. The number of para-hydroxylation sites is 1. The molecule has 0 bridgehead atoms. The number of carbonyl (C=O) groups excluding carboxylic acids is 2. The molecule has 0 atom stereocenters. The highest BCUT2D eigenvalue weighted by atomic mass is 35.5. The largest absolute Gasteiger partial charge is 0.417 e. The van der Waals surface area contributed by atoms with E-state index in [1.807, 2.05) is 30.3 Å². The van der Waals surface area contributed by atoms with E-state index in [-0.39, 0.29) is 16.9 Å². The maximum Gasteiger partial charge on any atom is 0.417 e. The van der Waals surface area contributed by atoms with Gasteiger partial charge in [0.1, 0.15) is 0 Å². The Balaban J connectivity index is 1.40. The van der Waals surface area contributed by atoms with Gasteiger partial charge in [0.25, 0.3) is 5.91 Å². The Morgan fingerprint density at radius 3 is 2.26 bits per heavy atom. The molecule has 4 aromatic rings. The quantitative estimate of drug-likeness (QED) is 0.295. The lowest BCUT2D eigenvalue weighted by Crippen LogP contribution is -2.20. The monoisotopic (exact) mass is 499 g/mol. The van der Waals surface area contributed by atoms with Gasteiger partial charge in [-0.25, -0.2) is 9.48 Å². The van der Waals surface area contributed by atoms with Gasteiger partial charge >= 0.3 is 12.2 Å². The first-order valence-electron chi connectivity index (χ1n) is 10.2. The Morgan fingerprint density at radius 2 is 1.54 bits per heavy atom. The number of carbonyl (C=O) groups is 2. The smallest absolute Gasteiger partial charge is 0.319 e. The van der Waals surface area contributed by atoms with Gasteiger partial charge in [0.05, 0.1) is 34.4 Å². The van der Waals surface area contributed by atoms with Crippen LogP contribution in [0.1, 0.15) is 15.9 Å². The van der Waals surface area contributed by atoms with E-state index in [9.17, 15) is 22.8 Å². The van der Waals surface area contributed by atoms with Gasteiger partial charge in [0, 0.05) is 16.9 Å². The van der Waals surface area contributed by atoms with E-state index >= 15 is 0 Å². The summed E-state index contributed by atoms with van der Waals surface area (Å²) in [4.78, 5) is 24.9. The Kier molecular flexibility index (Phi) is 6.74. The molecule has 0 aliphatic rings. The lowest BCUT2D eigenvalue weighted by atomic mass is 10.2. The molecule has 3 amide bonds. The summed E-state index contributed by atoms with van der Waals surface area (Å²) in [5.74, 6) is -0.436. The Morgan fingerprint density at radius 1 is 0.829 bits per heavy atom. The van der Waals surface area contributed by atoms with Crippen molar-refractivity contribution in [3.63, 3.8) is 0 Å². The van der Waals surface area contributed by atoms with Crippen LogP contribution >= 0.6 is 11.6 Å². The third-order valence-electron chi connectivity index (χ3n) is 4.77. The minimum Gasteiger partial charge on any atom is -0.319 e. The summed E-state index contributed by atoms with van der Waals surface area (Å²) in [6.45, 7) is 0. The van der Waals surface area contributed by atoms with Crippen LogP contribution in [0.4, 0.5) is 35.0 Å². The summed E-state index contributed by atoms with van der Waals surface area (Å²) in [6, 6.07) is 17.7. The Labute approximate surface area is 202 Å². The van der Waals surface area contributed by atoms with Crippen molar-refractivity contribution in [2.45, 2.75) is 6.18 Å². The fraction of sp³-hybridized carbons (Fsp3) is 0.0417. The molecule has 0 saturated heterocycles. The summed E-state index contributed by atoms with van der Waals surface area (Å²) in [7, 11) is 0. The van der Waals surface area contributed by atoms with Gasteiger partial charge in [-0.1, -0.05) is 35.9 Å². The van der Waals surface area contributed by atoms with Crippen molar-refractivity contribution in [1.29, 1.82) is 0 Å². The summed E-state index contributed by atoms with van der Waals surface area (Å²) in [5.41, 5.74) is 0.655. The van der Waals surface area contributed by atoms with Crippen LogP contribution in [0.2, 0.25) is 5.02 Å². The number of anilines is 3. The number of nitrogens with one attached hydrogen (secondary N) is 3. The lowest BCUT2D eigenvalue weighted by Gasteiger charge is -2.12. The first-order chi connectivity index (χ1) is 16.7. The van der Waals surface area contributed by atoms with Crippen molar-refractivity contribution in [2.24, 2.45) is 0 Å². The van der Waals surface area contributed by atoms with E-state index in [4.69, 9.17) is 11.6 Å². The molecule has 35 heavy (non-hydrogen) atoms. The molecule has 0 radical (unpaired) electrons. The topological polar surface area (TPSA) is 88.1 Å². The average Bonchev–Trinajstić information content (AvgIpc) is 3.29. The zero-order chi connectivity index (χ0) is 25.0. The van der Waals surface area contributed by atoms with Gasteiger partial charge in [0.15, 0.2) is 0 Å². The number of amides is 3. The molecule has 0 saturated carbocycles. The van der Waals surface area contributed by atoms with E-state index in [0.717, 1.165) is 17.8 Å². The number of rotatable bonds is 5. The minimum absolute atomic E-state index is 0.0939. The molecule has 0 unspecified atom stereocenters. The maximum absolute atomic E-state index is 13.0. The molecule has 1 heterocycles. The first-order valence-corrected chi connectivity index (χ1v) is 10.5. The van der Waals surface area contributed by atoms with Crippen LogP contribution in [0, 0.1) is 0 Å². The number of hydrogen-bond acceptors (Lipinski definition) is 3. The second-order valence-corrected chi connectivity index (χ2v) is 7.72. The van der Waals surface area contributed by atoms with E-state index in [1.54, 1.807) is 23.0 Å². The molecular formula is C24H17ClF3N5O2. The van der Waals surface area contributed by atoms with Crippen molar-refractivity contribution in [2.75, 3.05) is 16.0 Å². The van der Waals surface area contributed by atoms with E-state index in [1.165, 1.54) is 24.4 Å². The summed E-state index contributed by atoms with van der Waals surface area (Å²) < 4.78 is 40.7. The zero-order valence-electron chi connectivity index (χ0n) is 17.8. The van der Waals surface area contributed by atoms with Crippen molar-refractivity contribution in [3.05, 3.63) is 101 Å². The molecule has 1 aromatic heterocycles. The maximum atomic E-state index is 13.0. The Hall–Kier alpha value is -4.31. The minimum atomic E-state index is -4.66. The number of benzene rings is 3. The number of nitrogens with zero attached hydrogens (tertiary/aromatic N) is 2. The molecule has 3 aromatic carbocycles. The number of urea groups is 1. The van der Waals surface area contributed by atoms with Gasteiger partial charge in [-0.15, -0.1) is 0 Å². The number of alkyl halides is 3. The normalized spacial score (nSPS) is 11.1. The van der Waals surface area contributed by atoms with Crippen molar-refractivity contribution in [3.8, 4) is 5.69 Å². The molecule has 4 rings (SSSR count). The molecular weight excluding hydrogens is 483 g/mol. The lowest BCUT2D eigenvalue weighted by molar-refractivity contribution is -0.137. The number of hydrogen-bond donors (Lipinski definition) is 3. The van der Waals surface area contributed by atoms with E-state index < -0.39 is 28.7 Å². The van der Waals surface area contributed by atoms with Crippen LogP contribution in [0.15, 0.2) is 85.2 Å². The second kappa shape index (κ2) is 9.90. The highest BCUT2D eigenvalue weighted by Gasteiger charge is 2.33. The highest BCUT2D eigenvalue weighted by molar-refractivity contribution is 6.31. The van der Waals surface area contributed by atoms with E-state index in [2.05, 4.69) is 21.0 Å². The highest BCUT2D eigenvalue weighted by Crippen LogP contribution is 2.36. The van der Waals surface area contributed by atoms with Crippen LogP contribution in [0.25, 0.3) is 5.69 Å². The van der Waals surface area contributed by atoms with Crippen LogP contribution in [0.3, 0.4) is 0 Å². The first kappa shape index (κ1) is 23.8. The predicted octanol–water partition coefficient (Wildman–Crippen LogP) is 6.44. The van der Waals surface area contributed by atoms with Crippen molar-refractivity contribution in [1.82, 2.24) is 9.78 Å². The average molecular weight is 500 g/mol. The van der Waals surface area contributed by atoms with Crippen molar-refractivity contribution >= 4 is 40.6 Å². The van der Waals surface area contributed by atoms with Crippen LogP contribution < -0.4 is 16.0 Å². The Bertz CT molecular complexity index is 1370. The molecule has 3 N–H and O–H groups in total. The molecule has 7 nitrogen and oxygen atoms in total. The van der Waals surface area contributed by atoms with Crippen LogP contribution in [0.5, 0.6) is 0 Å². The summed E-state index contributed by atoms with van der Waals surface area (Å²) in [5, 5.41) is 11.3. The summed E-state index contributed by atoms with van der Waals surface area (Å²) >= 11 is 5.59. The summed E-state index contributed by atoms with van der Waals surface area (Å²) in [6.07, 6.45) is -1.50. The van der Waals surface area contributed by atoms with Crippen LogP contribution in [-0.4, -0.2) is 21.7 Å². The molecule has 178 valence electrons. The third kappa shape index (κ3) is 5.98. The van der Waals surface area contributed by atoms with Gasteiger partial charge < -0.3 is 16.0 Å². The van der Waals surface area contributed by atoms with Crippen molar-refractivity contribution < 1.29 is 22.8 Å². The molecule has 0 aliphatic heterocycles. The third-order valence-corrected chi connectivity index (χ3v) is 5.10. The molecule has 0 spiro atoms. The van der Waals surface area contributed by atoms with Gasteiger partial charge in [-0.3, -0.25) is 4.79 Å². The van der Waals surface area contributed by atoms with Gasteiger partial charge in [-0.05, 0) is 48.5 Å². The second-order valence-electron chi connectivity index (χ2n) is 7.32. The fourth-order valence-corrected chi connectivity index (χ4v) is 3.39. The number of halogens is 4. The molecule has 0 fully saturated rings. The van der Waals surface area contributed by atoms with Gasteiger partial charge in [0.2, 0.25) is 0 Å². The molecule has 11 heteroatoms. The number of aromatic nitrogens is 2. The standard InChI is InChI=1S/C24H17ClF3N5O2/c25-21-10-9-17(12-20(21)24(26,27)28)32-23(35)31-16-6-4-5-15(11-16)22(34)30-18-13-29-33(14-18)19-7-2-1-3-8-19/h1-14H,(H,30,34)(H2,31,32,35). The predicted molar refractivity (Wildman–Crippen MR) is 127 cm³/mol. The molecule has 0 aliphatic carbocycles. The fourth-order valence-electron chi connectivity index (χ4n) is 3.16.